The third-order valence-electron chi connectivity index (χ3n) is 6.61. The largest absolute Gasteiger partial charge is 0.318 e. The number of benzene rings is 5. The summed E-state index contributed by atoms with van der Waals surface area (Å²) < 4.78 is 2.27. The Morgan fingerprint density at radius 3 is 1.59 bits per heavy atom. The highest BCUT2D eigenvalue weighted by Crippen LogP contribution is 2.41. The standard InChI is InChI=1S/C32H24N2/c1-4-15-26(16-5-1)32(27-17-6-2-7-18-27,28-19-8-3-9-20-28)34-23-31(33-24-34)30-22-12-14-25-13-10-11-21-29(25)30/h1-24H. The third kappa shape index (κ3) is 3.23. The van der Waals surface area contributed by atoms with Crippen LogP contribution in [0.4, 0.5) is 0 Å². The fourth-order valence-electron chi connectivity index (χ4n) is 5.08. The van der Waals surface area contributed by atoms with E-state index in [9.17, 15) is 0 Å². The van der Waals surface area contributed by atoms with Crippen molar-refractivity contribution in [2.45, 2.75) is 5.54 Å². The van der Waals surface area contributed by atoms with Crippen LogP contribution in [0, 0.1) is 0 Å². The number of imidazole rings is 1. The van der Waals surface area contributed by atoms with Gasteiger partial charge >= 0.3 is 0 Å². The Kier molecular flexibility index (Phi) is 5.04. The minimum absolute atomic E-state index is 0.556. The van der Waals surface area contributed by atoms with E-state index in [1.807, 2.05) is 6.33 Å². The maximum absolute atomic E-state index is 4.94. The van der Waals surface area contributed by atoms with E-state index in [0.29, 0.717) is 0 Å². The molecule has 0 unspecified atom stereocenters. The molecule has 0 fully saturated rings. The average Bonchev–Trinajstić information content (AvgIpc) is 3.41. The van der Waals surface area contributed by atoms with Crippen LogP contribution in [0.15, 0.2) is 146 Å². The zero-order valence-corrected chi connectivity index (χ0v) is 18.8. The molecule has 6 rings (SSSR count). The van der Waals surface area contributed by atoms with Crippen molar-refractivity contribution < 1.29 is 0 Å². The molecule has 0 saturated heterocycles. The Morgan fingerprint density at radius 2 is 1.00 bits per heavy atom. The smallest absolute Gasteiger partial charge is 0.121 e. The average molecular weight is 437 g/mol. The van der Waals surface area contributed by atoms with E-state index in [2.05, 4.69) is 144 Å². The minimum Gasteiger partial charge on any atom is -0.318 e. The summed E-state index contributed by atoms with van der Waals surface area (Å²) >= 11 is 0. The lowest BCUT2D eigenvalue weighted by atomic mass is 9.77. The lowest BCUT2D eigenvalue weighted by molar-refractivity contribution is 0.515. The molecule has 0 N–H and O–H groups in total. The molecule has 0 aliphatic rings. The number of fused-ring (bicyclic) bond motifs is 1. The molecule has 162 valence electrons. The third-order valence-corrected chi connectivity index (χ3v) is 6.61. The molecular weight excluding hydrogens is 412 g/mol. The highest BCUT2D eigenvalue weighted by Gasteiger charge is 2.38. The SMILES string of the molecule is c1ccc(C(c2ccccc2)(c2ccccc2)n2cnc(-c3cccc4ccccc34)c2)cc1. The molecule has 0 radical (unpaired) electrons. The fraction of sp³-hybridized carbons (Fsp3) is 0.0312. The number of rotatable bonds is 5. The van der Waals surface area contributed by atoms with E-state index < -0.39 is 5.54 Å². The first-order chi connectivity index (χ1) is 16.9. The van der Waals surface area contributed by atoms with Gasteiger partial charge in [-0.05, 0) is 27.5 Å². The van der Waals surface area contributed by atoms with Crippen LogP contribution >= 0.6 is 0 Å². The molecule has 0 bridgehead atoms. The summed E-state index contributed by atoms with van der Waals surface area (Å²) in [7, 11) is 0. The molecule has 0 aliphatic carbocycles. The van der Waals surface area contributed by atoms with Gasteiger partial charge in [0.25, 0.3) is 0 Å². The molecule has 1 aromatic heterocycles. The number of aromatic nitrogens is 2. The molecule has 1 heterocycles. The molecular formula is C32H24N2. The Bertz CT molecular complexity index is 1430. The van der Waals surface area contributed by atoms with Crippen molar-refractivity contribution in [1.29, 1.82) is 0 Å². The predicted molar refractivity (Wildman–Crippen MR) is 140 cm³/mol. The lowest BCUT2D eigenvalue weighted by Gasteiger charge is -2.37. The maximum atomic E-state index is 4.94. The maximum Gasteiger partial charge on any atom is 0.121 e. The van der Waals surface area contributed by atoms with Crippen LogP contribution in [0.2, 0.25) is 0 Å². The molecule has 34 heavy (non-hydrogen) atoms. The Balaban J connectivity index is 1.65. The molecule has 2 nitrogen and oxygen atoms in total. The first-order valence-electron chi connectivity index (χ1n) is 11.6. The van der Waals surface area contributed by atoms with Crippen LogP contribution in [-0.4, -0.2) is 9.55 Å². The van der Waals surface area contributed by atoms with Gasteiger partial charge in [-0.25, -0.2) is 4.98 Å². The van der Waals surface area contributed by atoms with Crippen LogP contribution in [0.1, 0.15) is 16.7 Å². The van der Waals surface area contributed by atoms with Crippen molar-refractivity contribution in [3.63, 3.8) is 0 Å². The summed E-state index contributed by atoms with van der Waals surface area (Å²) in [6, 6.07) is 47.0. The van der Waals surface area contributed by atoms with Gasteiger partial charge in [0, 0.05) is 11.8 Å². The fourth-order valence-corrected chi connectivity index (χ4v) is 5.08. The summed E-state index contributed by atoms with van der Waals surface area (Å²) in [5, 5.41) is 2.43. The van der Waals surface area contributed by atoms with Crippen LogP contribution < -0.4 is 0 Å². The molecule has 0 amide bonds. The second kappa shape index (κ2) is 8.49. The highest BCUT2D eigenvalue weighted by atomic mass is 15.1. The number of nitrogens with zero attached hydrogens (tertiary/aromatic N) is 2. The van der Waals surface area contributed by atoms with Crippen molar-refractivity contribution in [2.24, 2.45) is 0 Å². The van der Waals surface area contributed by atoms with Crippen molar-refractivity contribution in [2.75, 3.05) is 0 Å². The lowest BCUT2D eigenvalue weighted by Crippen LogP contribution is -2.36. The Labute approximate surface area is 199 Å². The van der Waals surface area contributed by atoms with Crippen LogP contribution in [-0.2, 0) is 5.54 Å². The zero-order valence-electron chi connectivity index (χ0n) is 18.8. The van der Waals surface area contributed by atoms with Gasteiger partial charge in [-0.15, -0.1) is 0 Å². The zero-order chi connectivity index (χ0) is 22.8. The van der Waals surface area contributed by atoms with Gasteiger partial charge in [-0.1, -0.05) is 133 Å². The van der Waals surface area contributed by atoms with E-state index >= 15 is 0 Å². The quantitative estimate of drug-likeness (QED) is 0.255. The molecule has 2 heteroatoms. The van der Waals surface area contributed by atoms with Crippen molar-refractivity contribution >= 4 is 10.8 Å². The molecule has 0 saturated carbocycles. The molecule has 6 aromatic rings. The van der Waals surface area contributed by atoms with Gasteiger partial charge in [0.15, 0.2) is 0 Å². The Morgan fingerprint density at radius 1 is 0.500 bits per heavy atom. The summed E-state index contributed by atoms with van der Waals surface area (Å²) in [4.78, 5) is 4.94. The summed E-state index contributed by atoms with van der Waals surface area (Å²) in [6.45, 7) is 0. The second-order valence-electron chi connectivity index (χ2n) is 8.50. The summed E-state index contributed by atoms with van der Waals surface area (Å²) in [5.41, 5.74) is 5.11. The molecule has 0 aliphatic heterocycles. The van der Waals surface area contributed by atoms with Crippen molar-refractivity contribution in [1.82, 2.24) is 9.55 Å². The Hall–Kier alpha value is -4.43. The van der Waals surface area contributed by atoms with Crippen LogP contribution in [0.3, 0.4) is 0 Å². The van der Waals surface area contributed by atoms with E-state index in [0.717, 1.165) is 11.3 Å². The molecule has 0 atom stereocenters. The van der Waals surface area contributed by atoms with Crippen molar-refractivity contribution in [3.05, 3.63) is 163 Å². The molecule has 5 aromatic carbocycles. The van der Waals surface area contributed by atoms with Crippen LogP contribution in [0.5, 0.6) is 0 Å². The van der Waals surface area contributed by atoms with E-state index in [4.69, 9.17) is 4.98 Å². The van der Waals surface area contributed by atoms with Gasteiger partial charge in [0.1, 0.15) is 5.54 Å². The van der Waals surface area contributed by atoms with E-state index in [1.54, 1.807) is 0 Å². The van der Waals surface area contributed by atoms with Gasteiger partial charge in [0.05, 0.1) is 12.0 Å². The van der Waals surface area contributed by atoms with E-state index in [-0.39, 0.29) is 0 Å². The number of hydrogen-bond donors (Lipinski definition) is 0. The highest BCUT2D eigenvalue weighted by molar-refractivity contribution is 5.95. The van der Waals surface area contributed by atoms with Gasteiger partial charge in [-0.2, -0.15) is 0 Å². The normalized spacial score (nSPS) is 11.5. The predicted octanol–water partition coefficient (Wildman–Crippen LogP) is 7.54. The van der Waals surface area contributed by atoms with Gasteiger partial charge < -0.3 is 4.57 Å². The first kappa shape index (κ1) is 20.2. The topological polar surface area (TPSA) is 17.8 Å². The number of hydrogen-bond acceptors (Lipinski definition) is 1. The summed E-state index contributed by atoms with van der Waals surface area (Å²) in [6.07, 6.45) is 4.17. The second-order valence-corrected chi connectivity index (χ2v) is 8.50. The van der Waals surface area contributed by atoms with Crippen molar-refractivity contribution in [3.8, 4) is 11.3 Å². The van der Waals surface area contributed by atoms with Crippen LogP contribution in [0.25, 0.3) is 22.0 Å². The van der Waals surface area contributed by atoms with Gasteiger partial charge in [0.2, 0.25) is 0 Å². The van der Waals surface area contributed by atoms with Gasteiger partial charge in [-0.3, -0.25) is 0 Å². The first-order valence-corrected chi connectivity index (χ1v) is 11.6. The minimum atomic E-state index is -0.556. The molecule has 0 spiro atoms. The monoisotopic (exact) mass is 436 g/mol. The summed E-state index contributed by atoms with van der Waals surface area (Å²) in [5.74, 6) is 0. The van der Waals surface area contributed by atoms with E-state index in [1.165, 1.54) is 27.5 Å².